The molecule has 2 heterocycles. The summed E-state index contributed by atoms with van der Waals surface area (Å²) in [6, 6.07) is 0.717. The van der Waals surface area contributed by atoms with E-state index in [0.717, 1.165) is 26.1 Å². The Hall–Kier alpha value is -0.940. The summed E-state index contributed by atoms with van der Waals surface area (Å²) in [6.45, 7) is 5.20. The van der Waals surface area contributed by atoms with Crippen molar-refractivity contribution in [1.29, 1.82) is 0 Å². The number of likely N-dealkylation sites (tertiary alicyclic amines) is 2. The first-order valence-electron chi connectivity index (χ1n) is 9.16. The number of hydrogen-bond acceptors (Lipinski definition) is 4. The summed E-state index contributed by atoms with van der Waals surface area (Å²) in [6.07, 6.45) is 6.93. The number of ketones is 1. The Labute approximate surface area is 139 Å². The summed E-state index contributed by atoms with van der Waals surface area (Å²) >= 11 is 0. The molecule has 1 N–H and O–H groups in total. The van der Waals surface area contributed by atoms with E-state index in [-0.39, 0.29) is 23.7 Å². The van der Waals surface area contributed by atoms with Crippen LogP contribution in [-0.2, 0) is 9.59 Å². The Morgan fingerprint density at radius 1 is 1.17 bits per heavy atom. The van der Waals surface area contributed by atoms with Crippen LogP contribution in [0.25, 0.3) is 0 Å². The van der Waals surface area contributed by atoms with Crippen LogP contribution in [-0.4, -0.2) is 65.4 Å². The highest BCUT2D eigenvalue weighted by Gasteiger charge is 2.50. The van der Waals surface area contributed by atoms with Crippen LogP contribution >= 0.6 is 0 Å². The molecule has 3 fully saturated rings. The zero-order valence-electron chi connectivity index (χ0n) is 14.3. The maximum Gasteiger partial charge on any atom is 0.223 e. The highest BCUT2D eigenvalue weighted by atomic mass is 16.3. The van der Waals surface area contributed by atoms with Gasteiger partial charge in [-0.3, -0.25) is 9.69 Å². The van der Waals surface area contributed by atoms with Crippen molar-refractivity contribution in [2.75, 3.05) is 32.8 Å². The van der Waals surface area contributed by atoms with Crippen molar-refractivity contribution in [1.82, 2.24) is 9.80 Å². The van der Waals surface area contributed by atoms with E-state index in [9.17, 15) is 14.7 Å². The summed E-state index contributed by atoms with van der Waals surface area (Å²) < 4.78 is 0. The van der Waals surface area contributed by atoms with E-state index in [0.29, 0.717) is 31.3 Å². The minimum absolute atomic E-state index is 0.0687. The van der Waals surface area contributed by atoms with Crippen LogP contribution in [0.15, 0.2) is 0 Å². The molecule has 0 spiro atoms. The zero-order valence-corrected chi connectivity index (χ0v) is 14.3. The van der Waals surface area contributed by atoms with E-state index in [1.54, 1.807) is 0 Å². The number of carbonyl (C=O) groups excluding carboxylic acids is 2. The van der Waals surface area contributed by atoms with Gasteiger partial charge in [-0.2, -0.15) is 0 Å². The van der Waals surface area contributed by atoms with Crippen LogP contribution in [0, 0.1) is 11.3 Å². The highest BCUT2D eigenvalue weighted by molar-refractivity contribution is 5.83. The van der Waals surface area contributed by atoms with Crippen LogP contribution < -0.4 is 0 Å². The Bertz CT molecular complexity index is 461. The molecule has 2 atom stereocenters. The second kappa shape index (κ2) is 6.89. The van der Waals surface area contributed by atoms with Crippen molar-refractivity contribution in [3.8, 4) is 0 Å². The molecular formula is C18H30N2O3. The van der Waals surface area contributed by atoms with Crippen LogP contribution in [0.1, 0.15) is 51.9 Å². The first kappa shape index (κ1) is 16.9. The fourth-order valence-electron chi connectivity index (χ4n) is 4.80. The smallest absolute Gasteiger partial charge is 0.223 e. The van der Waals surface area contributed by atoms with Gasteiger partial charge in [0.05, 0.1) is 6.61 Å². The highest BCUT2D eigenvalue weighted by Crippen LogP contribution is 2.44. The number of nitrogens with zero attached hydrogens (tertiary/aromatic N) is 2. The van der Waals surface area contributed by atoms with Gasteiger partial charge in [-0.25, -0.2) is 0 Å². The van der Waals surface area contributed by atoms with E-state index >= 15 is 0 Å². The second-order valence-corrected chi connectivity index (χ2v) is 7.88. The molecule has 0 unspecified atom stereocenters. The third-order valence-corrected chi connectivity index (χ3v) is 6.36. The summed E-state index contributed by atoms with van der Waals surface area (Å²) in [5.74, 6) is 0.525. The number of aliphatic hydroxyl groups excluding tert-OH is 1. The number of piperidine rings is 1. The molecule has 130 valence electrons. The first-order chi connectivity index (χ1) is 11.0. The number of fused-ring (bicyclic) bond motifs is 1. The van der Waals surface area contributed by atoms with Gasteiger partial charge < -0.3 is 14.8 Å². The number of aliphatic hydroxyl groups is 1. The summed E-state index contributed by atoms with van der Waals surface area (Å²) in [4.78, 5) is 28.0. The molecule has 3 rings (SSSR count). The largest absolute Gasteiger partial charge is 0.396 e. The molecule has 1 amide bonds. The number of hydrogen-bond donors (Lipinski definition) is 1. The van der Waals surface area contributed by atoms with E-state index < -0.39 is 0 Å². The summed E-state index contributed by atoms with van der Waals surface area (Å²) in [5.41, 5.74) is -0.110. The van der Waals surface area contributed by atoms with Gasteiger partial charge in [0.2, 0.25) is 5.91 Å². The molecule has 1 aliphatic carbocycles. The molecule has 0 aromatic rings. The van der Waals surface area contributed by atoms with Crippen molar-refractivity contribution in [3.05, 3.63) is 0 Å². The Morgan fingerprint density at radius 2 is 1.91 bits per heavy atom. The predicted molar refractivity (Wildman–Crippen MR) is 87.9 cm³/mol. The quantitative estimate of drug-likeness (QED) is 0.832. The molecule has 2 saturated heterocycles. The van der Waals surface area contributed by atoms with Crippen molar-refractivity contribution in [3.63, 3.8) is 0 Å². The topological polar surface area (TPSA) is 60.9 Å². The van der Waals surface area contributed by atoms with Gasteiger partial charge in [-0.15, -0.1) is 0 Å². The maximum absolute atomic E-state index is 12.4. The average Bonchev–Trinajstić information content (AvgIpc) is 3.19. The molecule has 0 radical (unpaired) electrons. The Morgan fingerprint density at radius 3 is 2.57 bits per heavy atom. The van der Waals surface area contributed by atoms with Gasteiger partial charge >= 0.3 is 0 Å². The van der Waals surface area contributed by atoms with Gasteiger partial charge in [-0.1, -0.05) is 12.8 Å². The van der Waals surface area contributed by atoms with Gasteiger partial charge in [0, 0.05) is 43.9 Å². The molecular weight excluding hydrogens is 292 g/mol. The minimum Gasteiger partial charge on any atom is -0.396 e. The van der Waals surface area contributed by atoms with Crippen LogP contribution in [0.5, 0.6) is 0 Å². The van der Waals surface area contributed by atoms with Crippen LogP contribution in [0.2, 0.25) is 0 Å². The van der Waals surface area contributed by atoms with Crippen LogP contribution in [0.3, 0.4) is 0 Å². The number of rotatable bonds is 5. The molecule has 23 heavy (non-hydrogen) atoms. The average molecular weight is 322 g/mol. The lowest BCUT2D eigenvalue weighted by atomic mass is 9.73. The Kier molecular flexibility index (Phi) is 5.07. The van der Waals surface area contributed by atoms with E-state index in [1.165, 1.54) is 32.6 Å². The van der Waals surface area contributed by atoms with Gasteiger partial charge in [0.15, 0.2) is 0 Å². The van der Waals surface area contributed by atoms with Crippen molar-refractivity contribution in [2.24, 2.45) is 11.3 Å². The summed E-state index contributed by atoms with van der Waals surface area (Å²) in [7, 11) is 0. The lowest BCUT2D eigenvalue weighted by Crippen LogP contribution is -2.51. The van der Waals surface area contributed by atoms with E-state index in [4.69, 9.17) is 0 Å². The molecule has 0 aromatic heterocycles. The number of carbonyl (C=O) groups is 2. The zero-order chi connectivity index (χ0) is 16.4. The van der Waals surface area contributed by atoms with Gasteiger partial charge in [-0.05, 0) is 38.6 Å². The second-order valence-electron chi connectivity index (χ2n) is 7.88. The van der Waals surface area contributed by atoms with Gasteiger partial charge in [0.25, 0.3) is 0 Å². The third-order valence-electron chi connectivity index (χ3n) is 6.36. The monoisotopic (exact) mass is 322 g/mol. The third kappa shape index (κ3) is 3.45. The molecule has 5 heteroatoms. The summed E-state index contributed by atoms with van der Waals surface area (Å²) in [5, 5.41) is 10.0. The van der Waals surface area contributed by atoms with Crippen molar-refractivity contribution < 1.29 is 14.7 Å². The standard InChI is InChI=1S/C18H30N2O3/c1-14(22)6-7-17(23)20-11-15-10-19(16-4-2-3-5-16)9-8-18(15,12-20)13-21/h15-16,21H,2-13H2,1H3/t15-,18+/m0/s1. The van der Waals surface area contributed by atoms with Gasteiger partial charge in [0.1, 0.15) is 5.78 Å². The molecule has 0 bridgehead atoms. The molecule has 2 aliphatic heterocycles. The molecule has 3 aliphatic rings. The van der Waals surface area contributed by atoms with E-state index in [2.05, 4.69) is 4.90 Å². The van der Waals surface area contributed by atoms with E-state index in [1.807, 2.05) is 4.90 Å². The minimum atomic E-state index is -0.110. The Balaban J connectivity index is 1.62. The SMILES string of the molecule is CC(=O)CCC(=O)N1C[C@@H]2CN(C3CCCC3)CC[C@]2(CO)C1. The van der Waals surface area contributed by atoms with Crippen molar-refractivity contribution >= 4 is 11.7 Å². The molecule has 5 nitrogen and oxygen atoms in total. The fraction of sp³-hybridized carbons (Fsp3) is 0.889. The fourth-order valence-corrected chi connectivity index (χ4v) is 4.80. The number of Topliss-reactive ketones (excluding diaryl/α,β-unsaturated/α-hetero) is 1. The molecule has 0 aromatic carbocycles. The number of amides is 1. The first-order valence-corrected chi connectivity index (χ1v) is 9.16. The normalized spacial score (nSPS) is 32.3. The lowest BCUT2D eigenvalue weighted by molar-refractivity contribution is -0.132. The molecule has 1 saturated carbocycles. The van der Waals surface area contributed by atoms with Crippen molar-refractivity contribution in [2.45, 2.75) is 57.9 Å². The lowest BCUT2D eigenvalue weighted by Gasteiger charge is -2.44. The van der Waals surface area contributed by atoms with Crippen LogP contribution in [0.4, 0.5) is 0 Å². The maximum atomic E-state index is 12.4. The predicted octanol–water partition coefficient (Wildman–Crippen LogP) is 1.44.